The lowest BCUT2D eigenvalue weighted by molar-refractivity contribution is 0.236. The molecular weight excluding hydrogens is 162 g/mol. The molecule has 0 aromatic rings. The zero-order valence-electron chi connectivity index (χ0n) is 7.62. The van der Waals surface area contributed by atoms with Gasteiger partial charge in [-0.15, -0.1) is 0 Å². The standard InChI is InChI=1S/C11H13NO/c1-2-8-7-11-9(3-5-13-11)6-10(8)12-4-1/h2,4,10H,1,3,5-7H2. The first-order valence-corrected chi connectivity index (χ1v) is 4.98. The molecule has 3 rings (SSSR count). The Morgan fingerprint density at radius 2 is 2.46 bits per heavy atom. The predicted molar refractivity (Wildman–Crippen MR) is 51.8 cm³/mol. The maximum atomic E-state index is 5.59. The SMILES string of the molecule is C1=NC2CC3=C(CC2=CC1)OCC3. The Labute approximate surface area is 78.0 Å². The minimum Gasteiger partial charge on any atom is -0.497 e. The van der Waals surface area contributed by atoms with Crippen LogP contribution in [0.4, 0.5) is 0 Å². The lowest BCUT2D eigenvalue weighted by atomic mass is 9.87. The molecule has 2 nitrogen and oxygen atoms in total. The number of nitrogens with zero attached hydrogens (tertiary/aromatic N) is 1. The highest BCUT2D eigenvalue weighted by molar-refractivity contribution is 5.63. The van der Waals surface area contributed by atoms with Crippen molar-refractivity contribution in [2.75, 3.05) is 6.61 Å². The van der Waals surface area contributed by atoms with Crippen LogP contribution in [0.3, 0.4) is 0 Å². The number of hydrogen-bond donors (Lipinski definition) is 0. The maximum Gasteiger partial charge on any atom is 0.0995 e. The summed E-state index contributed by atoms with van der Waals surface area (Å²) in [6.07, 6.45) is 8.62. The molecule has 0 amide bonds. The fraction of sp³-hybridized carbons (Fsp3) is 0.545. The second-order valence-corrected chi connectivity index (χ2v) is 3.87. The Bertz CT molecular complexity index is 325. The number of ether oxygens (including phenoxy) is 1. The van der Waals surface area contributed by atoms with Gasteiger partial charge in [-0.2, -0.15) is 0 Å². The van der Waals surface area contributed by atoms with E-state index < -0.39 is 0 Å². The first-order chi connectivity index (χ1) is 6.43. The molecule has 1 aliphatic carbocycles. The summed E-state index contributed by atoms with van der Waals surface area (Å²) in [7, 11) is 0. The third-order valence-corrected chi connectivity index (χ3v) is 3.08. The fourth-order valence-corrected chi connectivity index (χ4v) is 2.35. The minimum atomic E-state index is 0.453. The fourth-order valence-electron chi connectivity index (χ4n) is 2.35. The number of dihydropyridines is 1. The van der Waals surface area contributed by atoms with Crippen LogP contribution in [-0.2, 0) is 4.74 Å². The van der Waals surface area contributed by atoms with Crippen molar-refractivity contribution >= 4 is 6.21 Å². The number of allylic oxidation sites excluding steroid dienone is 2. The van der Waals surface area contributed by atoms with Crippen LogP contribution < -0.4 is 0 Å². The summed E-state index contributed by atoms with van der Waals surface area (Å²) in [5, 5.41) is 0. The molecule has 0 spiro atoms. The van der Waals surface area contributed by atoms with E-state index in [2.05, 4.69) is 11.1 Å². The Kier molecular flexibility index (Phi) is 1.54. The van der Waals surface area contributed by atoms with Crippen LogP contribution in [-0.4, -0.2) is 18.9 Å². The summed E-state index contributed by atoms with van der Waals surface area (Å²) >= 11 is 0. The molecule has 2 heterocycles. The largest absolute Gasteiger partial charge is 0.497 e. The molecule has 0 aromatic heterocycles. The highest BCUT2D eigenvalue weighted by Gasteiger charge is 2.29. The molecule has 1 unspecified atom stereocenters. The van der Waals surface area contributed by atoms with Crippen molar-refractivity contribution in [1.82, 2.24) is 0 Å². The maximum absolute atomic E-state index is 5.59. The number of aliphatic imine (C=N–C) groups is 1. The van der Waals surface area contributed by atoms with E-state index in [4.69, 9.17) is 4.74 Å². The topological polar surface area (TPSA) is 21.6 Å². The van der Waals surface area contributed by atoms with Gasteiger partial charge < -0.3 is 4.74 Å². The van der Waals surface area contributed by atoms with Gasteiger partial charge in [-0.05, 0) is 17.6 Å². The zero-order chi connectivity index (χ0) is 8.67. The second kappa shape index (κ2) is 2.72. The van der Waals surface area contributed by atoms with E-state index in [-0.39, 0.29) is 0 Å². The van der Waals surface area contributed by atoms with E-state index in [9.17, 15) is 0 Å². The summed E-state index contributed by atoms with van der Waals surface area (Å²) in [5.74, 6) is 1.25. The molecular formula is C11H13NO. The van der Waals surface area contributed by atoms with Gasteiger partial charge in [0.15, 0.2) is 0 Å². The molecule has 0 aromatic carbocycles. The van der Waals surface area contributed by atoms with Gasteiger partial charge >= 0.3 is 0 Å². The van der Waals surface area contributed by atoms with E-state index in [1.54, 1.807) is 0 Å². The monoisotopic (exact) mass is 175 g/mol. The van der Waals surface area contributed by atoms with E-state index in [0.29, 0.717) is 6.04 Å². The smallest absolute Gasteiger partial charge is 0.0995 e. The van der Waals surface area contributed by atoms with Gasteiger partial charge in [-0.3, -0.25) is 4.99 Å². The van der Waals surface area contributed by atoms with Gasteiger partial charge in [-0.1, -0.05) is 6.08 Å². The molecule has 1 atom stereocenters. The molecule has 2 aliphatic heterocycles. The summed E-state index contributed by atoms with van der Waals surface area (Å²) in [6.45, 7) is 0.897. The van der Waals surface area contributed by atoms with E-state index in [0.717, 1.165) is 32.3 Å². The molecule has 0 saturated carbocycles. The molecule has 0 bridgehead atoms. The average Bonchev–Trinajstić information content (AvgIpc) is 2.61. The van der Waals surface area contributed by atoms with Crippen molar-refractivity contribution < 1.29 is 4.74 Å². The van der Waals surface area contributed by atoms with Crippen molar-refractivity contribution in [2.45, 2.75) is 31.7 Å². The van der Waals surface area contributed by atoms with E-state index >= 15 is 0 Å². The van der Waals surface area contributed by atoms with Crippen LogP contribution in [0.2, 0.25) is 0 Å². The molecule has 0 saturated heterocycles. The van der Waals surface area contributed by atoms with Gasteiger partial charge in [0, 0.05) is 25.5 Å². The molecule has 0 N–H and O–H groups in total. The minimum absolute atomic E-state index is 0.453. The summed E-state index contributed by atoms with van der Waals surface area (Å²) in [5.41, 5.74) is 2.99. The van der Waals surface area contributed by atoms with Crippen molar-refractivity contribution in [3.05, 3.63) is 23.0 Å². The Hall–Kier alpha value is -1.05. The van der Waals surface area contributed by atoms with Crippen LogP contribution in [0.5, 0.6) is 0 Å². The Morgan fingerprint density at radius 1 is 1.46 bits per heavy atom. The molecule has 0 radical (unpaired) electrons. The number of fused-ring (bicyclic) bond motifs is 1. The molecule has 0 fully saturated rings. The Morgan fingerprint density at radius 3 is 3.46 bits per heavy atom. The van der Waals surface area contributed by atoms with E-state index in [1.165, 1.54) is 16.9 Å². The molecule has 2 heteroatoms. The average molecular weight is 175 g/mol. The van der Waals surface area contributed by atoms with Crippen LogP contribution in [0.1, 0.15) is 25.7 Å². The summed E-state index contributed by atoms with van der Waals surface area (Å²) in [6, 6.07) is 0.453. The van der Waals surface area contributed by atoms with Gasteiger partial charge in [0.25, 0.3) is 0 Å². The lowest BCUT2D eigenvalue weighted by Crippen LogP contribution is -2.18. The van der Waals surface area contributed by atoms with Crippen LogP contribution in [0.15, 0.2) is 28.0 Å². The first-order valence-electron chi connectivity index (χ1n) is 4.98. The van der Waals surface area contributed by atoms with Crippen molar-refractivity contribution in [2.24, 2.45) is 4.99 Å². The number of hydrogen-bond acceptors (Lipinski definition) is 2. The van der Waals surface area contributed by atoms with Gasteiger partial charge in [0.05, 0.1) is 18.4 Å². The van der Waals surface area contributed by atoms with Crippen molar-refractivity contribution in [1.29, 1.82) is 0 Å². The van der Waals surface area contributed by atoms with Gasteiger partial charge in [0.2, 0.25) is 0 Å². The van der Waals surface area contributed by atoms with Crippen LogP contribution in [0, 0.1) is 0 Å². The number of rotatable bonds is 0. The predicted octanol–water partition coefficient (Wildman–Crippen LogP) is 2.22. The zero-order valence-corrected chi connectivity index (χ0v) is 7.62. The third kappa shape index (κ3) is 1.12. The van der Waals surface area contributed by atoms with Crippen LogP contribution >= 0.6 is 0 Å². The molecule has 68 valence electrons. The van der Waals surface area contributed by atoms with Crippen molar-refractivity contribution in [3.63, 3.8) is 0 Å². The first kappa shape index (κ1) is 7.36. The van der Waals surface area contributed by atoms with Crippen molar-refractivity contribution in [3.8, 4) is 0 Å². The second-order valence-electron chi connectivity index (χ2n) is 3.87. The van der Waals surface area contributed by atoms with Gasteiger partial charge in [-0.25, -0.2) is 0 Å². The van der Waals surface area contributed by atoms with Gasteiger partial charge in [0.1, 0.15) is 0 Å². The normalized spacial score (nSPS) is 30.8. The van der Waals surface area contributed by atoms with Crippen LogP contribution in [0.25, 0.3) is 0 Å². The Balaban J connectivity index is 1.93. The summed E-state index contributed by atoms with van der Waals surface area (Å²) < 4.78 is 5.59. The highest BCUT2D eigenvalue weighted by Crippen LogP contribution is 2.37. The lowest BCUT2D eigenvalue weighted by Gasteiger charge is -2.25. The molecule has 13 heavy (non-hydrogen) atoms. The highest BCUT2D eigenvalue weighted by atomic mass is 16.5. The third-order valence-electron chi connectivity index (χ3n) is 3.08. The quantitative estimate of drug-likeness (QED) is 0.517. The molecule has 3 aliphatic rings. The summed E-state index contributed by atoms with van der Waals surface area (Å²) in [4.78, 5) is 4.53. The van der Waals surface area contributed by atoms with E-state index in [1.807, 2.05) is 6.21 Å².